The number of hydrogen-bond acceptors (Lipinski definition) is 10. The Hall–Kier alpha value is -4.86. The lowest BCUT2D eigenvalue weighted by Crippen LogP contribution is -2.45. The lowest BCUT2D eigenvalue weighted by molar-refractivity contribution is -0.134. The van der Waals surface area contributed by atoms with Crippen molar-refractivity contribution in [1.29, 1.82) is 0 Å². The van der Waals surface area contributed by atoms with E-state index in [1.807, 2.05) is 95.0 Å². The molecule has 2 saturated carbocycles. The van der Waals surface area contributed by atoms with Crippen LogP contribution < -0.4 is 14.8 Å². The Labute approximate surface area is 418 Å². The second-order valence-electron chi connectivity index (χ2n) is 18.8. The molecule has 15 heteroatoms. The molecule has 2 spiro atoms. The molecule has 2 atom stereocenters. The van der Waals surface area contributed by atoms with Gasteiger partial charge in [-0.2, -0.15) is 0 Å². The van der Waals surface area contributed by atoms with Crippen molar-refractivity contribution in [2.45, 2.75) is 138 Å². The highest BCUT2D eigenvalue weighted by Crippen LogP contribution is 2.43. The number of hydrogen-bond donors (Lipinski definition) is 1. The van der Waals surface area contributed by atoms with Gasteiger partial charge in [-0.3, -0.25) is 24.5 Å². The van der Waals surface area contributed by atoms with Crippen molar-refractivity contribution in [3.8, 4) is 11.5 Å². The maximum absolute atomic E-state index is 13.5. The molecule has 2 heterocycles. The maximum Gasteiger partial charge on any atom is 0.256 e. The predicted octanol–water partition coefficient (Wildman–Crippen LogP) is 10.9. The lowest BCUT2D eigenvalue weighted by Gasteiger charge is -2.35. The van der Waals surface area contributed by atoms with Crippen LogP contribution in [0, 0.1) is 25.7 Å². The van der Waals surface area contributed by atoms with Crippen LogP contribution in [-0.2, 0) is 29.3 Å². The third-order valence-corrected chi connectivity index (χ3v) is 18.0. The molecule has 0 radical (unpaired) electrons. The first-order valence-corrected chi connectivity index (χ1v) is 28.4. The van der Waals surface area contributed by atoms with Gasteiger partial charge in [0.2, 0.25) is 0 Å². The first-order chi connectivity index (χ1) is 32.7. The molecule has 2 aliphatic heterocycles. The van der Waals surface area contributed by atoms with E-state index < -0.39 is 30.8 Å². The zero-order valence-corrected chi connectivity index (χ0v) is 44.6. The average molecular weight is 1050 g/mol. The summed E-state index contributed by atoms with van der Waals surface area (Å²) in [7, 11) is -6.79. The maximum atomic E-state index is 13.5. The predicted molar refractivity (Wildman–Crippen MR) is 278 cm³/mol. The second-order valence-corrected chi connectivity index (χ2v) is 24.3. The molecule has 0 saturated heterocycles. The fourth-order valence-corrected chi connectivity index (χ4v) is 13.8. The summed E-state index contributed by atoms with van der Waals surface area (Å²) in [4.78, 5) is 38.0. The van der Waals surface area contributed by atoms with Crippen molar-refractivity contribution < 1.29 is 35.9 Å². The van der Waals surface area contributed by atoms with Crippen molar-refractivity contribution in [2.75, 3.05) is 24.7 Å². The first kappa shape index (κ1) is 53.5. The van der Waals surface area contributed by atoms with Crippen molar-refractivity contribution in [2.24, 2.45) is 21.8 Å². The van der Waals surface area contributed by atoms with Gasteiger partial charge in [0, 0.05) is 4.83 Å². The van der Waals surface area contributed by atoms with Crippen LogP contribution in [0.2, 0.25) is 0 Å². The van der Waals surface area contributed by atoms with Crippen LogP contribution in [0.3, 0.4) is 0 Å². The van der Waals surface area contributed by atoms with E-state index >= 15 is 0 Å². The number of amides is 2. The van der Waals surface area contributed by atoms with Crippen LogP contribution in [0.15, 0.2) is 117 Å². The molecule has 0 aromatic heterocycles. The van der Waals surface area contributed by atoms with Crippen molar-refractivity contribution in [3.05, 3.63) is 119 Å². The summed E-state index contributed by atoms with van der Waals surface area (Å²) in [5.74, 6) is 3.12. The Morgan fingerprint density at radius 3 is 1.46 bits per heavy atom. The fourth-order valence-electron chi connectivity index (χ4n) is 9.90. The number of carbonyl (C=O) groups excluding carboxylic acids is 2. The number of sulfone groups is 2. The number of nitrogens with one attached hydrogen (secondary N) is 1. The average Bonchev–Trinajstić information content (AvgIpc) is 3.74. The number of halogens is 1. The molecule has 2 amide bonds. The zero-order valence-electron chi connectivity index (χ0n) is 41.3. The molecular formula is C54H69BrN4O8S2. The Bertz CT molecular complexity index is 2710. The van der Waals surface area contributed by atoms with Gasteiger partial charge in [-0.25, -0.2) is 16.8 Å². The van der Waals surface area contributed by atoms with E-state index in [4.69, 9.17) is 14.5 Å². The van der Waals surface area contributed by atoms with Crippen molar-refractivity contribution in [3.63, 3.8) is 0 Å². The third-order valence-electron chi connectivity index (χ3n) is 13.8. The third kappa shape index (κ3) is 12.9. The lowest BCUT2D eigenvalue weighted by atomic mass is 9.77. The van der Waals surface area contributed by atoms with Gasteiger partial charge in [-0.05, 0) is 177 Å². The topological polar surface area (TPSA) is 161 Å². The van der Waals surface area contributed by atoms with E-state index in [2.05, 4.69) is 45.3 Å². The molecule has 12 nitrogen and oxygen atoms in total. The van der Waals surface area contributed by atoms with Gasteiger partial charge in [0.25, 0.3) is 11.8 Å². The van der Waals surface area contributed by atoms with E-state index in [1.54, 1.807) is 43.3 Å². The molecular weight excluding hydrogens is 977 g/mol. The Kier molecular flexibility index (Phi) is 17.8. The number of alkyl halides is 1. The monoisotopic (exact) mass is 1040 g/mol. The Morgan fingerprint density at radius 2 is 1.09 bits per heavy atom. The van der Waals surface area contributed by atoms with Crippen LogP contribution in [0.4, 0.5) is 0 Å². The molecule has 8 rings (SSSR count). The Morgan fingerprint density at radius 1 is 0.652 bits per heavy atom. The fraction of sp³-hybridized carbons (Fsp3) is 0.481. The van der Waals surface area contributed by atoms with Crippen LogP contribution in [0.25, 0.3) is 0 Å². The highest BCUT2D eigenvalue weighted by Gasteiger charge is 2.51. The number of carbonyl (C=O) groups is 2. The minimum Gasteiger partial charge on any atom is -0.494 e. The molecule has 4 aliphatic rings. The van der Waals surface area contributed by atoms with E-state index in [0.29, 0.717) is 96.5 Å². The standard InChI is InChI=1S/C27H34N2O4S.C19H26N2O4S.C8H9Br/c1-5-33-25-12-11-24(17-19(25)2)34(31,32)18-22-13-15-27(16-14-22)26(30)29(21(4)28-27)20(3)23-9-7-6-8-10-23;1-4-25-17-6-5-16(11-13(17)2)26(23,24)12-15-7-9-19(10-8-15)18(22)20-14(3)21-19;1-7(9)8-5-3-2-4-6-8/h6-12,17,20,22H,5,13-16,18H2,1-4H3;5-6,11,15H,4,7-10,12H2,1-3H3,(H,20,21,22);2-7H,1H3. The van der Waals surface area contributed by atoms with Crippen LogP contribution in [0.1, 0.15) is 126 Å². The number of amidine groups is 2. The normalized spacial score (nSPS) is 23.2. The van der Waals surface area contributed by atoms with Crippen LogP contribution in [-0.4, -0.2) is 81.0 Å². The molecule has 0 bridgehead atoms. The molecule has 2 unspecified atom stereocenters. The summed E-state index contributed by atoms with van der Waals surface area (Å²) in [6, 6.07) is 30.3. The van der Waals surface area contributed by atoms with Crippen molar-refractivity contribution >= 4 is 59.1 Å². The summed E-state index contributed by atoms with van der Waals surface area (Å²) in [6.07, 6.45) is 5.13. The number of aryl methyl sites for hydroxylation is 2. The second kappa shape index (κ2) is 22.9. The van der Waals surface area contributed by atoms with Gasteiger partial charge in [-0.15, -0.1) is 0 Å². The Balaban J connectivity index is 0.000000196. The van der Waals surface area contributed by atoms with Gasteiger partial charge in [0.15, 0.2) is 19.7 Å². The largest absolute Gasteiger partial charge is 0.494 e. The summed E-state index contributed by atoms with van der Waals surface area (Å²) in [6.45, 7) is 16.4. The minimum atomic E-state index is -3.42. The first-order valence-electron chi connectivity index (χ1n) is 24.2. The molecule has 2 fully saturated rings. The molecule has 2 aliphatic carbocycles. The molecule has 4 aromatic rings. The molecule has 372 valence electrons. The summed E-state index contributed by atoms with van der Waals surface area (Å²) in [5, 5.41) is 2.77. The zero-order chi connectivity index (χ0) is 50.1. The highest BCUT2D eigenvalue weighted by molar-refractivity contribution is 9.09. The van der Waals surface area contributed by atoms with E-state index in [0.717, 1.165) is 22.5 Å². The van der Waals surface area contributed by atoms with Crippen LogP contribution in [0.5, 0.6) is 11.5 Å². The van der Waals surface area contributed by atoms with Gasteiger partial charge >= 0.3 is 0 Å². The van der Waals surface area contributed by atoms with Crippen LogP contribution >= 0.6 is 15.9 Å². The van der Waals surface area contributed by atoms with Crippen molar-refractivity contribution in [1.82, 2.24) is 10.2 Å². The van der Waals surface area contributed by atoms with Gasteiger partial charge in [-0.1, -0.05) is 76.6 Å². The smallest absolute Gasteiger partial charge is 0.256 e. The number of ether oxygens (including phenoxy) is 2. The molecule has 1 N–H and O–H groups in total. The van der Waals surface area contributed by atoms with E-state index in [1.165, 1.54) is 5.56 Å². The SMILES string of the molecule is CC(Br)c1ccccc1.CCOc1ccc(S(=O)(=O)CC2CCC3(CC2)N=C(C)N(C(C)c2ccccc2)C3=O)cc1C.CCOc1ccc(S(=O)(=O)CC2CCC3(CC2)N=C(C)NC3=O)cc1C. The van der Waals surface area contributed by atoms with E-state index in [9.17, 15) is 26.4 Å². The number of aliphatic imine (C=N–C) groups is 2. The number of rotatable bonds is 13. The number of benzene rings is 4. The van der Waals surface area contributed by atoms with E-state index in [-0.39, 0.29) is 41.2 Å². The summed E-state index contributed by atoms with van der Waals surface area (Å²) < 4.78 is 62.8. The highest BCUT2D eigenvalue weighted by atomic mass is 79.9. The van der Waals surface area contributed by atoms with Gasteiger partial charge in [0.05, 0.1) is 40.6 Å². The minimum absolute atomic E-state index is 0.0198. The molecule has 4 aromatic carbocycles. The number of nitrogens with zero attached hydrogens (tertiary/aromatic N) is 3. The van der Waals surface area contributed by atoms with Gasteiger partial charge in [0.1, 0.15) is 34.2 Å². The quantitative estimate of drug-likeness (QED) is 0.129. The van der Waals surface area contributed by atoms with Gasteiger partial charge < -0.3 is 14.8 Å². The summed E-state index contributed by atoms with van der Waals surface area (Å²) in [5.41, 5.74) is 2.64. The molecule has 69 heavy (non-hydrogen) atoms. The summed E-state index contributed by atoms with van der Waals surface area (Å²) >= 11 is 3.48.